The van der Waals surface area contributed by atoms with Gasteiger partial charge in [-0.15, -0.1) is 0 Å². The van der Waals surface area contributed by atoms with Crippen molar-refractivity contribution in [1.82, 2.24) is 25.1 Å². The first-order chi connectivity index (χ1) is 16.6. The lowest BCUT2D eigenvalue weighted by atomic mass is 10.0. The molecule has 2 heterocycles. The minimum atomic E-state index is -0.399. The predicted octanol–water partition coefficient (Wildman–Crippen LogP) is 4.41. The molecular formula is C26H22N6O2. The van der Waals surface area contributed by atoms with Gasteiger partial charge in [-0.05, 0) is 23.3 Å². The molecule has 0 spiro atoms. The fraction of sp³-hybridized carbons (Fsp3) is 0.0769. The van der Waals surface area contributed by atoms with Crippen molar-refractivity contribution < 1.29 is 4.79 Å². The normalized spacial score (nSPS) is 10.9. The highest BCUT2D eigenvalue weighted by Gasteiger charge is 2.16. The van der Waals surface area contributed by atoms with E-state index in [0.29, 0.717) is 23.8 Å². The maximum absolute atomic E-state index is 12.8. The molecule has 2 amide bonds. The molecule has 8 heteroatoms. The molecule has 0 atom stereocenters. The molecule has 5 rings (SSSR count). The number of fused-ring (bicyclic) bond motifs is 1. The molecular weight excluding hydrogens is 428 g/mol. The van der Waals surface area contributed by atoms with Gasteiger partial charge in [0.05, 0.1) is 5.69 Å². The van der Waals surface area contributed by atoms with E-state index in [1.54, 1.807) is 13.0 Å². The predicted molar refractivity (Wildman–Crippen MR) is 132 cm³/mol. The van der Waals surface area contributed by atoms with Crippen LogP contribution in [0.5, 0.6) is 0 Å². The van der Waals surface area contributed by atoms with Crippen LogP contribution in [0, 0.1) is 6.92 Å². The first-order valence-corrected chi connectivity index (χ1v) is 10.8. The highest BCUT2D eigenvalue weighted by atomic mass is 16.2. The van der Waals surface area contributed by atoms with Crippen LogP contribution in [0.3, 0.4) is 0 Å². The second kappa shape index (κ2) is 9.03. The van der Waals surface area contributed by atoms with Crippen molar-refractivity contribution in [2.45, 2.75) is 13.5 Å². The number of hydrogen-bond acceptors (Lipinski definition) is 4. The molecule has 168 valence electrons. The Morgan fingerprint density at radius 3 is 2.56 bits per heavy atom. The zero-order chi connectivity index (χ0) is 23.5. The molecule has 0 bridgehead atoms. The average molecular weight is 451 g/mol. The van der Waals surface area contributed by atoms with Gasteiger partial charge in [-0.1, -0.05) is 72.8 Å². The van der Waals surface area contributed by atoms with Crippen LogP contribution in [0.2, 0.25) is 0 Å². The van der Waals surface area contributed by atoms with Gasteiger partial charge in [0.2, 0.25) is 5.95 Å². The monoisotopic (exact) mass is 450 g/mol. The van der Waals surface area contributed by atoms with Gasteiger partial charge in [-0.25, -0.2) is 9.78 Å². The fourth-order valence-corrected chi connectivity index (χ4v) is 3.83. The number of anilines is 1. The first-order valence-electron chi connectivity index (χ1n) is 10.8. The third-order valence-electron chi connectivity index (χ3n) is 5.40. The fourth-order valence-electron chi connectivity index (χ4n) is 3.83. The zero-order valence-electron chi connectivity index (χ0n) is 18.4. The molecule has 0 fully saturated rings. The largest absolute Gasteiger partial charge is 0.334 e. The average Bonchev–Trinajstić information content (AvgIpc) is 3.26. The summed E-state index contributed by atoms with van der Waals surface area (Å²) >= 11 is 0. The number of benzene rings is 3. The number of aromatic amines is 1. The van der Waals surface area contributed by atoms with Crippen LogP contribution in [0.4, 0.5) is 10.6 Å². The number of nitrogens with one attached hydrogen (secondary N) is 3. The molecule has 3 aromatic carbocycles. The van der Waals surface area contributed by atoms with Gasteiger partial charge in [0, 0.05) is 29.9 Å². The van der Waals surface area contributed by atoms with Crippen molar-refractivity contribution in [3.63, 3.8) is 0 Å². The summed E-state index contributed by atoms with van der Waals surface area (Å²) in [5.74, 6) is 0.597. The number of carbonyl (C=O) groups is 1. The van der Waals surface area contributed by atoms with Gasteiger partial charge in [-0.2, -0.15) is 9.78 Å². The summed E-state index contributed by atoms with van der Waals surface area (Å²) in [6, 6.07) is 26.4. The number of aryl methyl sites for hydroxylation is 1. The Bertz CT molecular complexity index is 1530. The smallest absolute Gasteiger partial charge is 0.320 e. The van der Waals surface area contributed by atoms with Crippen LogP contribution in [0.15, 0.2) is 89.7 Å². The number of carbonyl (C=O) groups excluding carboxylic acids is 1. The number of rotatable bonds is 5. The van der Waals surface area contributed by atoms with E-state index in [2.05, 4.69) is 25.7 Å². The van der Waals surface area contributed by atoms with Crippen LogP contribution < -0.4 is 16.2 Å². The minimum absolute atomic E-state index is 0.219. The Balaban J connectivity index is 1.43. The Morgan fingerprint density at radius 1 is 0.971 bits per heavy atom. The highest BCUT2D eigenvalue weighted by molar-refractivity contribution is 5.90. The summed E-state index contributed by atoms with van der Waals surface area (Å²) < 4.78 is 1.42. The standard InChI is InChI=1S/C26H22N6O2/c1-17-14-24(33)30-25(28-17)32-23(15-22(31-32)19-9-3-2-4-10-19)29-26(34)27-16-20-12-7-11-18-8-5-6-13-21(18)20/h2-15H,16H2,1H3,(H2,27,29,34)(H,28,30,33). The first kappa shape index (κ1) is 21.1. The molecule has 34 heavy (non-hydrogen) atoms. The number of urea groups is 1. The van der Waals surface area contributed by atoms with Crippen LogP contribution in [-0.2, 0) is 6.54 Å². The van der Waals surface area contributed by atoms with Crippen molar-refractivity contribution in [2.75, 3.05) is 5.32 Å². The second-order valence-electron chi connectivity index (χ2n) is 7.85. The van der Waals surface area contributed by atoms with Crippen molar-refractivity contribution in [3.8, 4) is 17.2 Å². The Hall–Kier alpha value is -4.72. The van der Waals surface area contributed by atoms with Crippen LogP contribution in [0.1, 0.15) is 11.3 Å². The number of hydrogen-bond donors (Lipinski definition) is 3. The number of aromatic nitrogens is 4. The molecule has 5 aromatic rings. The molecule has 0 saturated heterocycles. The van der Waals surface area contributed by atoms with Crippen molar-refractivity contribution in [3.05, 3.63) is 107 Å². The Kier molecular flexibility index (Phi) is 5.61. The van der Waals surface area contributed by atoms with Crippen LogP contribution in [-0.4, -0.2) is 25.8 Å². The van der Waals surface area contributed by atoms with E-state index in [1.165, 1.54) is 10.7 Å². The summed E-state index contributed by atoms with van der Waals surface area (Å²) in [6.45, 7) is 2.08. The maximum Gasteiger partial charge on any atom is 0.320 e. The molecule has 0 saturated carbocycles. The molecule has 0 radical (unpaired) electrons. The van der Waals surface area contributed by atoms with E-state index >= 15 is 0 Å². The minimum Gasteiger partial charge on any atom is -0.334 e. The van der Waals surface area contributed by atoms with E-state index in [-0.39, 0.29) is 11.5 Å². The number of nitrogens with zero attached hydrogens (tertiary/aromatic N) is 3. The van der Waals surface area contributed by atoms with E-state index in [4.69, 9.17) is 0 Å². The second-order valence-corrected chi connectivity index (χ2v) is 7.85. The van der Waals surface area contributed by atoms with Crippen LogP contribution >= 0.6 is 0 Å². The van der Waals surface area contributed by atoms with Gasteiger partial charge < -0.3 is 5.32 Å². The number of amides is 2. The van der Waals surface area contributed by atoms with Gasteiger partial charge in [0.15, 0.2) is 0 Å². The van der Waals surface area contributed by atoms with Gasteiger partial charge >= 0.3 is 6.03 Å². The van der Waals surface area contributed by atoms with Gasteiger partial charge in [-0.3, -0.25) is 15.1 Å². The van der Waals surface area contributed by atoms with Crippen molar-refractivity contribution in [2.24, 2.45) is 0 Å². The lowest BCUT2D eigenvalue weighted by Crippen LogP contribution is -2.29. The molecule has 0 aliphatic carbocycles. The molecule has 0 aliphatic heterocycles. The van der Waals surface area contributed by atoms with E-state index in [0.717, 1.165) is 21.9 Å². The Labute approximate surface area is 195 Å². The summed E-state index contributed by atoms with van der Waals surface area (Å²) in [6.07, 6.45) is 0. The van der Waals surface area contributed by atoms with Crippen molar-refractivity contribution >= 4 is 22.6 Å². The number of H-pyrrole nitrogens is 1. The zero-order valence-corrected chi connectivity index (χ0v) is 18.4. The van der Waals surface area contributed by atoms with E-state index < -0.39 is 6.03 Å². The van der Waals surface area contributed by atoms with Gasteiger partial charge in [0.25, 0.3) is 5.56 Å². The SMILES string of the molecule is Cc1cc(=O)[nH]c(-n2nc(-c3ccccc3)cc2NC(=O)NCc2cccc3ccccc23)n1. The molecule has 0 aliphatic rings. The molecule has 3 N–H and O–H groups in total. The summed E-state index contributed by atoms with van der Waals surface area (Å²) in [4.78, 5) is 31.9. The lowest BCUT2D eigenvalue weighted by molar-refractivity contribution is 0.251. The van der Waals surface area contributed by atoms with Crippen molar-refractivity contribution in [1.29, 1.82) is 0 Å². The third-order valence-corrected chi connectivity index (χ3v) is 5.40. The van der Waals surface area contributed by atoms with E-state index in [9.17, 15) is 9.59 Å². The summed E-state index contributed by atoms with van der Waals surface area (Å²) in [5, 5.41) is 12.5. The van der Waals surface area contributed by atoms with E-state index in [1.807, 2.05) is 72.8 Å². The summed E-state index contributed by atoms with van der Waals surface area (Å²) in [5.41, 5.74) is 2.76. The quantitative estimate of drug-likeness (QED) is 0.369. The third kappa shape index (κ3) is 4.42. The topological polar surface area (TPSA) is 105 Å². The summed E-state index contributed by atoms with van der Waals surface area (Å²) in [7, 11) is 0. The van der Waals surface area contributed by atoms with Gasteiger partial charge in [0.1, 0.15) is 5.82 Å². The highest BCUT2D eigenvalue weighted by Crippen LogP contribution is 2.23. The van der Waals surface area contributed by atoms with Crippen LogP contribution in [0.25, 0.3) is 28.0 Å². The lowest BCUT2D eigenvalue weighted by Gasteiger charge is -2.11. The molecule has 8 nitrogen and oxygen atoms in total. The molecule has 0 unspecified atom stereocenters. The maximum atomic E-state index is 12.8. The Morgan fingerprint density at radius 2 is 1.74 bits per heavy atom. The molecule has 2 aromatic heterocycles.